The molecule has 5 heteroatoms. The molecule has 0 atom stereocenters. The van der Waals surface area contributed by atoms with Crippen LogP contribution in [0.4, 0.5) is 0 Å². The normalized spacial score (nSPS) is 11.0. The molecule has 4 rings (SSSR count). The van der Waals surface area contributed by atoms with Gasteiger partial charge in [-0.3, -0.25) is 4.79 Å². The summed E-state index contributed by atoms with van der Waals surface area (Å²) in [7, 11) is 1.62. The SMILES string of the molecule is COc1ccc(-c2nn(-c3ccccc3)cc2/C=C/C(=O)c2ccccc2O)cc1. The van der Waals surface area contributed by atoms with Crippen LogP contribution in [0.25, 0.3) is 23.0 Å². The lowest BCUT2D eigenvalue weighted by molar-refractivity contribution is 0.104. The zero-order chi connectivity index (χ0) is 20.9. The number of carbonyl (C=O) groups is 1. The quantitative estimate of drug-likeness (QED) is 0.362. The highest BCUT2D eigenvalue weighted by atomic mass is 16.5. The minimum atomic E-state index is -0.277. The van der Waals surface area contributed by atoms with Crippen molar-refractivity contribution in [3.8, 4) is 28.4 Å². The van der Waals surface area contributed by atoms with Gasteiger partial charge in [0.05, 0.1) is 24.1 Å². The van der Waals surface area contributed by atoms with Gasteiger partial charge in [0.1, 0.15) is 11.5 Å². The van der Waals surface area contributed by atoms with Gasteiger partial charge in [-0.1, -0.05) is 30.3 Å². The topological polar surface area (TPSA) is 64.4 Å². The van der Waals surface area contributed by atoms with E-state index in [2.05, 4.69) is 0 Å². The maximum absolute atomic E-state index is 12.6. The molecule has 30 heavy (non-hydrogen) atoms. The van der Waals surface area contributed by atoms with Crippen molar-refractivity contribution in [3.63, 3.8) is 0 Å². The molecule has 5 nitrogen and oxygen atoms in total. The van der Waals surface area contributed by atoms with E-state index in [-0.39, 0.29) is 17.1 Å². The van der Waals surface area contributed by atoms with Gasteiger partial charge < -0.3 is 9.84 Å². The third-order valence-corrected chi connectivity index (χ3v) is 4.71. The van der Waals surface area contributed by atoms with Gasteiger partial charge in [-0.25, -0.2) is 4.68 Å². The Balaban J connectivity index is 1.74. The third-order valence-electron chi connectivity index (χ3n) is 4.71. The lowest BCUT2D eigenvalue weighted by Crippen LogP contribution is -1.94. The fraction of sp³-hybridized carbons (Fsp3) is 0.0400. The maximum atomic E-state index is 12.6. The second-order valence-corrected chi connectivity index (χ2v) is 6.66. The first-order valence-electron chi connectivity index (χ1n) is 9.45. The van der Waals surface area contributed by atoms with E-state index in [1.807, 2.05) is 60.8 Å². The number of nitrogens with zero attached hydrogens (tertiary/aromatic N) is 2. The maximum Gasteiger partial charge on any atom is 0.189 e. The van der Waals surface area contributed by atoms with Gasteiger partial charge in [-0.05, 0) is 60.7 Å². The molecule has 0 unspecified atom stereocenters. The molecule has 0 saturated heterocycles. The molecule has 3 aromatic carbocycles. The molecule has 0 aliphatic rings. The number of phenolic OH excluding ortho intramolecular Hbond substituents is 1. The molecule has 0 spiro atoms. The van der Waals surface area contributed by atoms with Crippen molar-refractivity contribution in [2.24, 2.45) is 0 Å². The standard InChI is InChI=1S/C25H20N2O3/c1-30-21-14-11-18(12-15-21)25-19(17-27(26-25)20-7-3-2-4-8-20)13-16-24(29)22-9-5-6-10-23(22)28/h2-17,28H,1H3/b16-13+. The van der Waals surface area contributed by atoms with Gasteiger partial charge >= 0.3 is 0 Å². The van der Waals surface area contributed by atoms with E-state index in [0.717, 1.165) is 28.3 Å². The van der Waals surface area contributed by atoms with Crippen LogP contribution in [0.15, 0.2) is 91.1 Å². The van der Waals surface area contributed by atoms with Crippen LogP contribution in [-0.4, -0.2) is 27.8 Å². The highest BCUT2D eigenvalue weighted by Gasteiger charge is 2.12. The fourth-order valence-corrected chi connectivity index (χ4v) is 3.13. The van der Waals surface area contributed by atoms with Crippen LogP contribution in [-0.2, 0) is 0 Å². The van der Waals surface area contributed by atoms with Crippen LogP contribution >= 0.6 is 0 Å². The molecular weight excluding hydrogens is 376 g/mol. The Bertz CT molecular complexity index is 1190. The summed E-state index contributed by atoms with van der Waals surface area (Å²) < 4.78 is 7.02. The number of allylic oxidation sites excluding steroid dienone is 1. The van der Waals surface area contributed by atoms with Crippen LogP contribution in [0.5, 0.6) is 11.5 Å². The molecule has 0 aliphatic carbocycles. The number of carbonyl (C=O) groups excluding carboxylic acids is 1. The number of hydrogen-bond acceptors (Lipinski definition) is 4. The minimum absolute atomic E-state index is 0.0393. The first-order chi connectivity index (χ1) is 14.7. The Labute approximate surface area is 174 Å². The van der Waals surface area contributed by atoms with Gasteiger partial charge in [-0.2, -0.15) is 5.10 Å². The first kappa shape index (κ1) is 19.2. The van der Waals surface area contributed by atoms with Gasteiger partial charge in [0.15, 0.2) is 5.78 Å². The average molecular weight is 396 g/mol. The lowest BCUT2D eigenvalue weighted by atomic mass is 10.1. The number of hydrogen-bond donors (Lipinski definition) is 1. The number of methoxy groups -OCH3 is 1. The van der Waals surface area contributed by atoms with Crippen LogP contribution in [0, 0.1) is 0 Å². The third kappa shape index (κ3) is 4.00. The molecule has 1 N–H and O–H groups in total. The minimum Gasteiger partial charge on any atom is -0.507 e. The van der Waals surface area contributed by atoms with E-state index >= 15 is 0 Å². The second kappa shape index (κ2) is 8.49. The van der Waals surface area contributed by atoms with Gasteiger partial charge in [0.2, 0.25) is 0 Å². The van der Waals surface area contributed by atoms with E-state index in [4.69, 9.17) is 9.84 Å². The molecule has 0 saturated carbocycles. The Kier molecular flexibility index (Phi) is 5.44. The van der Waals surface area contributed by atoms with E-state index in [9.17, 15) is 9.90 Å². The van der Waals surface area contributed by atoms with Crippen molar-refractivity contribution >= 4 is 11.9 Å². The van der Waals surface area contributed by atoms with Crippen molar-refractivity contribution in [3.05, 3.63) is 102 Å². The average Bonchev–Trinajstić information content (AvgIpc) is 3.23. The molecule has 4 aromatic rings. The van der Waals surface area contributed by atoms with Crippen LogP contribution in [0.2, 0.25) is 0 Å². The van der Waals surface area contributed by atoms with Crippen LogP contribution in [0.3, 0.4) is 0 Å². The van der Waals surface area contributed by atoms with Gasteiger partial charge in [0.25, 0.3) is 0 Å². The summed E-state index contributed by atoms with van der Waals surface area (Å²) in [5.74, 6) is 0.441. The summed E-state index contributed by atoms with van der Waals surface area (Å²) in [6.07, 6.45) is 5.05. The molecule has 0 bridgehead atoms. The lowest BCUT2D eigenvalue weighted by Gasteiger charge is -2.03. The number of aromatic hydroxyl groups is 1. The number of rotatable bonds is 6. The molecule has 0 amide bonds. The van der Waals surface area contributed by atoms with Crippen LogP contribution in [0.1, 0.15) is 15.9 Å². The molecule has 1 heterocycles. The molecule has 148 valence electrons. The summed E-state index contributed by atoms with van der Waals surface area (Å²) in [5, 5.41) is 14.7. The molecule has 0 radical (unpaired) electrons. The highest BCUT2D eigenvalue weighted by molar-refractivity contribution is 6.08. The van der Waals surface area contributed by atoms with E-state index in [1.165, 1.54) is 12.1 Å². The Morgan fingerprint density at radius 1 is 0.967 bits per heavy atom. The number of benzene rings is 3. The van der Waals surface area contributed by atoms with Crippen molar-refractivity contribution < 1.29 is 14.6 Å². The van der Waals surface area contributed by atoms with Crippen molar-refractivity contribution in [2.75, 3.05) is 7.11 Å². The summed E-state index contributed by atoms with van der Waals surface area (Å²) >= 11 is 0. The van der Waals surface area contributed by atoms with Crippen molar-refractivity contribution in [1.29, 1.82) is 0 Å². The monoisotopic (exact) mass is 396 g/mol. The van der Waals surface area contributed by atoms with Gasteiger partial charge in [0, 0.05) is 17.3 Å². The predicted octanol–water partition coefficient (Wildman–Crippen LogP) is 5.15. The van der Waals surface area contributed by atoms with E-state index in [1.54, 1.807) is 36.1 Å². The number of phenols is 1. The molecule has 1 aromatic heterocycles. The predicted molar refractivity (Wildman–Crippen MR) is 117 cm³/mol. The highest BCUT2D eigenvalue weighted by Crippen LogP contribution is 2.27. The van der Waals surface area contributed by atoms with E-state index in [0.29, 0.717) is 0 Å². The smallest absolute Gasteiger partial charge is 0.189 e. The first-order valence-corrected chi connectivity index (χ1v) is 9.45. The van der Waals surface area contributed by atoms with E-state index < -0.39 is 0 Å². The van der Waals surface area contributed by atoms with Crippen molar-refractivity contribution in [1.82, 2.24) is 9.78 Å². The Hall–Kier alpha value is -4.12. The summed E-state index contributed by atoms with van der Waals surface area (Å²) in [6.45, 7) is 0. The van der Waals surface area contributed by atoms with Crippen LogP contribution < -0.4 is 4.74 Å². The number of aromatic nitrogens is 2. The number of ether oxygens (including phenoxy) is 1. The summed E-state index contributed by atoms with van der Waals surface area (Å²) in [5.41, 5.74) is 3.60. The second-order valence-electron chi connectivity index (χ2n) is 6.66. The number of para-hydroxylation sites is 2. The molecular formula is C25H20N2O3. The molecule has 0 fully saturated rings. The van der Waals surface area contributed by atoms with Gasteiger partial charge in [-0.15, -0.1) is 0 Å². The number of ketones is 1. The Morgan fingerprint density at radius 2 is 1.67 bits per heavy atom. The largest absolute Gasteiger partial charge is 0.507 e. The fourth-order valence-electron chi connectivity index (χ4n) is 3.13. The summed E-state index contributed by atoms with van der Waals surface area (Å²) in [4.78, 5) is 12.6. The zero-order valence-electron chi connectivity index (χ0n) is 16.4. The summed E-state index contributed by atoms with van der Waals surface area (Å²) in [6, 6.07) is 23.9. The zero-order valence-corrected chi connectivity index (χ0v) is 16.4. The van der Waals surface area contributed by atoms with Crippen molar-refractivity contribution in [2.45, 2.75) is 0 Å². The molecule has 0 aliphatic heterocycles. The Morgan fingerprint density at radius 3 is 2.37 bits per heavy atom.